The second-order valence-electron chi connectivity index (χ2n) is 9.17. The summed E-state index contributed by atoms with van der Waals surface area (Å²) in [5, 5.41) is 3.67. The zero-order chi connectivity index (χ0) is 25.2. The Morgan fingerprint density at radius 1 is 0.886 bits per heavy atom. The van der Waals surface area contributed by atoms with Crippen LogP contribution in [0.2, 0.25) is 5.02 Å². The number of unbranched alkanes of at least 4 members (excludes halogenated alkanes) is 1. The average Bonchev–Trinajstić information content (AvgIpc) is 2.81. The number of benzene rings is 3. The van der Waals surface area contributed by atoms with Crippen molar-refractivity contribution in [2.75, 3.05) is 6.54 Å². The van der Waals surface area contributed by atoms with E-state index < -0.39 is 6.04 Å². The van der Waals surface area contributed by atoms with Gasteiger partial charge in [0.1, 0.15) is 6.04 Å². The second kappa shape index (κ2) is 13.1. The van der Waals surface area contributed by atoms with Gasteiger partial charge in [0, 0.05) is 24.5 Å². The zero-order valence-electron chi connectivity index (χ0n) is 20.9. The molecular weight excluding hydrogens is 456 g/mol. The SMILES string of the molecule is CCCCNC(=O)[C@@H](Cc1ccccc1)N(Cc1cccc(Cl)c1)C(=O)Cc1cc(C)cc(C)c1. The highest BCUT2D eigenvalue weighted by Crippen LogP contribution is 2.19. The average molecular weight is 491 g/mol. The number of nitrogens with zero attached hydrogens (tertiary/aromatic N) is 1. The summed E-state index contributed by atoms with van der Waals surface area (Å²) < 4.78 is 0. The summed E-state index contributed by atoms with van der Waals surface area (Å²) >= 11 is 6.25. The van der Waals surface area contributed by atoms with Gasteiger partial charge in [-0.1, -0.05) is 96.7 Å². The molecule has 0 saturated carbocycles. The normalized spacial score (nSPS) is 11.7. The molecule has 3 aromatic rings. The molecule has 0 aromatic heterocycles. The third-order valence-electron chi connectivity index (χ3n) is 5.98. The van der Waals surface area contributed by atoms with Crippen molar-refractivity contribution in [3.63, 3.8) is 0 Å². The minimum absolute atomic E-state index is 0.0819. The quantitative estimate of drug-likeness (QED) is 0.332. The largest absolute Gasteiger partial charge is 0.354 e. The van der Waals surface area contributed by atoms with E-state index in [0.29, 0.717) is 24.5 Å². The summed E-state index contributed by atoms with van der Waals surface area (Å²) in [4.78, 5) is 29.0. The lowest BCUT2D eigenvalue weighted by Crippen LogP contribution is -2.51. The molecule has 0 aliphatic heterocycles. The van der Waals surface area contributed by atoms with E-state index in [-0.39, 0.29) is 18.2 Å². The summed E-state index contributed by atoms with van der Waals surface area (Å²) in [5.74, 6) is -0.209. The minimum Gasteiger partial charge on any atom is -0.354 e. The van der Waals surface area contributed by atoms with Crippen LogP contribution >= 0.6 is 11.6 Å². The first-order chi connectivity index (χ1) is 16.9. The molecule has 0 saturated heterocycles. The molecule has 2 amide bonds. The molecule has 0 spiro atoms. The van der Waals surface area contributed by atoms with E-state index in [9.17, 15) is 9.59 Å². The molecule has 0 fully saturated rings. The number of halogens is 1. The Labute approximate surface area is 214 Å². The first-order valence-electron chi connectivity index (χ1n) is 12.3. The first-order valence-corrected chi connectivity index (χ1v) is 12.7. The van der Waals surface area contributed by atoms with Gasteiger partial charge >= 0.3 is 0 Å². The van der Waals surface area contributed by atoms with Crippen LogP contribution in [0, 0.1) is 13.8 Å². The van der Waals surface area contributed by atoms with Crippen molar-refractivity contribution in [2.24, 2.45) is 0 Å². The van der Waals surface area contributed by atoms with Crippen LogP contribution in [0.4, 0.5) is 0 Å². The molecule has 0 heterocycles. The Hall–Kier alpha value is -3.11. The molecule has 4 nitrogen and oxygen atoms in total. The lowest BCUT2D eigenvalue weighted by atomic mass is 10.00. The fourth-order valence-corrected chi connectivity index (χ4v) is 4.55. The molecule has 0 unspecified atom stereocenters. The van der Waals surface area contributed by atoms with Crippen molar-refractivity contribution in [3.8, 4) is 0 Å². The van der Waals surface area contributed by atoms with Crippen LogP contribution in [-0.4, -0.2) is 29.3 Å². The van der Waals surface area contributed by atoms with E-state index in [2.05, 4.69) is 18.3 Å². The van der Waals surface area contributed by atoms with Crippen LogP contribution in [0.1, 0.15) is 47.6 Å². The molecule has 0 aliphatic carbocycles. The monoisotopic (exact) mass is 490 g/mol. The maximum Gasteiger partial charge on any atom is 0.243 e. The van der Waals surface area contributed by atoms with Gasteiger partial charge in [-0.25, -0.2) is 0 Å². The molecule has 3 rings (SSSR count). The number of aryl methyl sites for hydroxylation is 2. The molecule has 1 N–H and O–H groups in total. The van der Waals surface area contributed by atoms with Crippen LogP contribution in [0.3, 0.4) is 0 Å². The number of carbonyl (C=O) groups excluding carboxylic acids is 2. The van der Waals surface area contributed by atoms with Crippen molar-refractivity contribution >= 4 is 23.4 Å². The van der Waals surface area contributed by atoms with E-state index in [4.69, 9.17) is 11.6 Å². The molecule has 0 bridgehead atoms. The number of nitrogens with one attached hydrogen (secondary N) is 1. The van der Waals surface area contributed by atoms with E-state index in [1.807, 2.05) is 80.6 Å². The Bertz CT molecular complexity index is 1110. The first kappa shape index (κ1) is 26.5. The van der Waals surface area contributed by atoms with Gasteiger partial charge < -0.3 is 10.2 Å². The van der Waals surface area contributed by atoms with Crippen molar-refractivity contribution in [1.29, 1.82) is 0 Å². The number of hydrogen-bond acceptors (Lipinski definition) is 2. The summed E-state index contributed by atoms with van der Waals surface area (Å²) in [7, 11) is 0. The number of amides is 2. The van der Waals surface area contributed by atoms with Crippen molar-refractivity contribution < 1.29 is 9.59 Å². The van der Waals surface area contributed by atoms with E-state index in [0.717, 1.165) is 40.7 Å². The van der Waals surface area contributed by atoms with Crippen LogP contribution in [0.25, 0.3) is 0 Å². The van der Waals surface area contributed by atoms with Crippen LogP contribution in [0.15, 0.2) is 72.8 Å². The maximum absolute atomic E-state index is 13.8. The van der Waals surface area contributed by atoms with Gasteiger partial charge in [-0.3, -0.25) is 9.59 Å². The summed E-state index contributed by atoms with van der Waals surface area (Å²) in [5.41, 5.74) is 5.09. The number of hydrogen-bond donors (Lipinski definition) is 1. The van der Waals surface area contributed by atoms with Crippen LogP contribution in [0.5, 0.6) is 0 Å². The predicted molar refractivity (Wildman–Crippen MR) is 143 cm³/mol. The molecule has 184 valence electrons. The molecule has 35 heavy (non-hydrogen) atoms. The number of rotatable bonds is 11. The van der Waals surface area contributed by atoms with Gasteiger partial charge in [0.15, 0.2) is 0 Å². The Morgan fingerprint density at radius 2 is 1.57 bits per heavy atom. The molecule has 1 atom stereocenters. The van der Waals surface area contributed by atoms with Crippen molar-refractivity contribution in [3.05, 3.63) is 106 Å². The summed E-state index contributed by atoms with van der Waals surface area (Å²) in [6.07, 6.45) is 2.56. The maximum atomic E-state index is 13.8. The van der Waals surface area contributed by atoms with Gasteiger partial charge in [-0.05, 0) is 49.1 Å². The van der Waals surface area contributed by atoms with E-state index in [1.54, 1.807) is 4.90 Å². The Kier molecular flexibility index (Phi) is 9.92. The highest BCUT2D eigenvalue weighted by molar-refractivity contribution is 6.30. The van der Waals surface area contributed by atoms with Crippen molar-refractivity contribution in [1.82, 2.24) is 10.2 Å². The van der Waals surface area contributed by atoms with Crippen molar-refractivity contribution in [2.45, 2.75) is 59.0 Å². The second-order valence-corrected chi connectivity index (χ2v) is 9.61. The molecule has 5 heteroatoms. The van der Waals surface area contributed by atoms with Gasteiger partial charge in [0.2, 0.25) is 11.8 Å². The third kappa shape index (κ3) is 8.25. The highest BCUT2D eigenvalue weighted by atomic mass is 35.5. The lowest BCUT2D eigenvalue weighted by molar-refractivity contribution is -0.140. The van der Waals surface area contributed by atoms with Gasteiger partial charge in [0.25, 0.3) is 0 Å². The number of carbonyl (C=O) groups is 2. The smallest absolute Gasteiger partial charge is 0.243 e. The third-order valence-corrected chi connectivity index (χ3v) is 6.21. The van der Waals surface area contributed by atoms with Crippen LogP contribution < -0.4 is 5.32 Å². The van der Waals surface area contributed by atoms with E-state index >= 15 is 0 Å². The van der Waals surface area contributed by atoms with Gasteiger partial charge in [-0.2, -0.15) is 0 Å². The highest BCUT2D eigenvalue weighted by Gasteiger charge is 2.30. The molecular formula is C30H35ClN2O2. The van der Waals surface area contributed by atoms with E-state index in [1.165, 1.54) is 0 Å². The van der Waals surface area contributed by atoms with Gasteiger partial charge in [0.05, 0.1) is 6.42 Å². The Balaban J connectivity index is 1.96. The zero-order valence-corrected chi connectivity index (χ0v) is 21.6. The lowest BCUT2D eigenvalue weighted by Gasteiger charge is -2.32. The molecule has 3 aromatic carbocycles. The van der Waals surface area contributed by atoms with Crippen LogP contribution in [-0.2, 0) is 29.0 Å². The minimum atomic E-state index is -0.633. The molecule has 0 radical (unpaired) electrons. The Morgan fingerprint density at radius 3 is 2.23 bits per heavy atom. The topological polar surface area (TPSA) is 49.4 Å². The molecule has 0 aliphatic rings. The predicted octanol–water partition coefficient (Wildman–Crippen LogP) is 6.06. The summed E-state index contributed by atoms with van der Waals surface area (Å²) in [6, 6.07) is 22.9. The fourth-order valence-electron chi connectivity index (χ4n) is 4.34. The standard InChI is InChI=1S/C30H35ClN2O2/c1-4-5-14-32-30(35)28(19-24-10-7-6-8-11-24)33(21-25-12-9-13-27(31)18-25)29(34)20-26-16-22(2)15-23(3)17-26/h6-13,15-18,28H,4-5,14,19-21H2,1-3H3,(H,32,35)/t28-/m1/s1. The summed E-state index contributed by atoms with van der Waals surface area (Å²) in [6.45, 7) is 7.06. The van der Waals surface area contributed by atoms with Gasteiger partial charge in [-0.15, -0.1) is 0 Å². The fraction of sp³-hybridized carbons (Fsp3) is 0.333.